The van der Waals surface area contributed by atoms with Crippen molar-refractivity contribution < 1.29 is 9.47 Å². The summed E-state index contributed by atoms with van der Waals surface area (Å²) in [5, 5.41) is 3.82. The largest absolute Gasteiger partial charge is 0.495 e. The first-order valence-electron chi connectivity index (χ1n) is 6.46. The molecule has 0 aliphatic carbocycles. The van der Waals surface area contributed by atoms with Crippen molar-refractivity contribution in [3.63, 3.8) is 0 Å². The van der Waals surface area contributed by atoms with Crippen LogP contribution in [0.4, 0.5) is 0 Å². The monoisotopic (exact) mass is 417 g/mol. The molecular formula is C16H17ClINO2. The Morgan fingerprint density at radius 3 is 2.33 bits per heavy atom. The molecule has 0 saturated carbocycles. The molecule has 0 heterocycles. The Bertz CT molecular complexity index is 634. The van der Waals surface area contributed by atoms with Gasteiger partial charge in [0.2, 0.25) is 0 Å². The van der Waals surface area contributed by atoms with Crippen molar-refractivity contribution in [1.29, 1.82) is 0 Å². The Labute approximate surface area is 143 Å². The topological polar surface area (TPSA) is 30.5 Å². The van der Waals surface area contributed by atoms with Gasteiger partial charge in [0, 0.05) is 9.13 Å². The highest BCUT2D eigenvalue weighted by Crippen LogP contribution is 2.41. The molecule has 1 atom stereocenters. The van der Waals surface area contributed by atoms with E-state index >= 15 is 0 Å². The lowest BCUT2D eigenvalue weighted by atomic mass is 9.97. The Kier molecular flexibility index (Phi) is 5.72. The van der Waals surface area contributed by atoms with Crippen LogP contribution in [0.1, 0.15) is 17.2 Å². The Morgan fingerprint density at radius 2 is 1.76 bits per heavy atom. The van der Waals surface area contributed by atoms with Crippen LogP contribution in [0.15, 0.2) is 36.4 Å². The summed E-state index contributed by atoms with van der Waals surface area (Å²) in [6, 6.07) is 12.1. The standard InChI is InChI=1S/C16H17ClINO2/c1-19-15(10-6-4-5-7-12(10)18)11-8-9-13(20-2)14(17)16(11)21-3/h4-9,15,19H,1-3H3. The van der Waals surface area contributed by atoms with Crippen LogP contribution in [0.5, 0.6) is 11.5 Å². The van der Waals surface area contributed by atoms with E-state index in [2.05, 4.69) is 40.0 Å². The van der Waals surface area contributed by atoms with Gasteiger partial charge in [-0.2, -0.15) is 0 Å². The van der Waals surface area contributed by atoms with Crippen LogP contribution < -0.4 is 14.8 Å². The summed E-state index contributed by atoms with van der Waals surface area (Å²) < 4.78 is 11.9. The minimum Gasteiger partial charge on any atom is -0.495 e. The number of methoxy groups -OCH3 is 2. The van der Waals surface area contributed by atoms with Crippen molar-refractivity contribution >= 4 is 34.2 Å². The third kappa shape index (κ3) is 3.27. The predicted octanol–water partition coefficient (Wildman–Crippen LogP) is 4.27. The summed E-state index contributed by atoms with van der Waals surface area (Å²) in [7, 11) is 5.13. The second-order valence-electron chi connectivity index (χ2n) is 4.45. The Morgan fingerprint density at radius 1 is 1.05 bits per heavy atom. The molecule has 3 nitrogen and oxygen atoms in total. The van der Waals surface area contributed by atoms with Crippen molar-refractivity contribution in [1.82, 2.24) is 5.32 Å². The maximum absolute atomic E-state index is 6.36. The van der Waals surface area contributed by atoms with Gasteiger partial charge in [-0.3, -0.25) is 0 Å². The van der Waals surface area contributed by atoms with Gasteiger partial charge < -0.3 is 14.8 Å². The fourth-order valence-electron chi connectivity index (χ4n) is 2.33. The molecule has 0 aliphatic rings. The van der Waals surface area contributed by atoms with Crippen LogP contribution >= 0.6 is 34.2 Å². The zero-order chi connectivity index (χ0) is 15.4. The third-order valence-corrected chi connectivity index (χ3v) is 4.67. The van der Waals surface area contributed by atoms with E-state index in [9.17, 15) is 0 Å². The van der Waals surface area contributed by atoms with E-state index in [1.165, 1.54) is 9.13 Å². The fourth-order valence-corrected chi connectivity index (χ4v) is 3.36. The number of benzene rings is 2. The van der Waals surface area contributed by atoms with E-state index in [4.69, 9.17) is 21.1 Å². The molecule has 5 heteroatoms. The maximum atomic E-state index is 6.36. The second-order valence-corrected chi connectivity index (χ2v) is 5.99. The van der Waals surface area contributed by atoms with Crippen molar-refractivity contribution in [2.24, 2.45) is 0 Å². The smallest absolute Gasteiger partial charge is 0.146 e. The first-order valence-corrected chi connectivity index (χ1v) is 7.91. The van der Waals surface area contributed by atoms with Gasteiger partial charge in [-0.15, -0.1) is 0 Å². The summed E-state index contributed by atoms with van der Waals surface area (Å²) >= 11 is 8.70. The van der Waals surface area contributed by atoms with E-state index < -0.39 is 0 Å². The highest BCUT2D eigenvalue weighted by atomic mass is 127. The summed E-state index contributed by atoms with van der Waals surface area (Å²) in [5.74, 6) is 1.24. The van der Waals surface area contributed by atoms with Crippen LogP contribution in [-0.2, 0) is 0 Å². The molecule has 2 aromatic rings. The van der Waals surface area contributed by atoms with Crippen molar-refractivity contribution in [3.05, 3.63) is 56.1 Å². The zero-order valence-electron chi connectivity index (χ0n) is 12.1. The molecule has 0 bridgehead atoms. The van der Waals surface area contributed by atoms with Crippen molar-refractivity contribution in [2.45, 2.75) is 6.04 Å². The number of hydrogen-bond acceptors (Lipinski definition) is 3. The molecule has 0 saturated heterocycles. The average molecular weight is 418 g/mol. The van der Waals surface area contributed by atoms with Crippen LogP contribution in [-0.4, -0.2) is 21.3 Å². The van der Waals surface area contributed by atoms with Gasteiger partial charge in [0.1, 0.15) is 16.5 Å². The average Bonchev–Trinajstić information content (AvgIpc) is 2.50. The summed E-state index contributed by atoms with van der Waals surface area (Å²) in [6.45, 7) is 0. The molecule has 1 N–H and O–H groups in total. The van der Waals surface area contributed by atoms with Gasteiger partial charge in [0.25, 0.3) is 0 Å². The number of nitrogens with one attached hydrogen (secondary N) is 1. The van der Waals surface area contributed by atoms with Gasteiger partial charge in [-0.05, 0) is 53.4 Å². The molecule has 0 fully saturated rings. The molecule has 0 aromatic heterocycles. The first kappa shape index (κ1) is 16.4. The Balaban J connectivity index is 2.58. The number of hydrogen-bond donors (Lipinski definition) is 1. The lowest BCUT2D eigenvalue weighted by Gasteiger charge is -2.22. The van der Waals surface area contributed by atoms with E-state index in [1.54, 1.807) is 14.2 Å². The number of rotatable bonds is 5. The molecule has 21 heavy (non-hydrogen) atoms. The van der Waals surface area contributed by atoms with Crippen LogP contribution in [0, 0.1) is 3.57 Å². The molecule has 0 amide bonds. The Hall–Kier alpha value is -0.980. The highest BCUT2D eigenvalue weighted by Gasteiger charge is 2.22. The second kappa shape index (κ2) is 7.33. The fraction of sp³-hybridized carbons (Fsp3) is 0.250. The van der Waals surface area contributed by atoms with Gasteiger partial charge in [0.05, 0.1) is 20.3 Å². The van der Waals surface area contributed by atoms with E-state index in [0.29, 0.717) is 16.5 Å². The zero-order valence-corrected chi connectivity index (χ0v) is 15.0. The maximum Gasteiger partial charge on any atom is 0.146 e. The minimum atomic E-state index is -0.00328. The van der Waals surface area contributed by atoms with Gasteiger partial charge >= 0.3 is 0 Å². The summed E-state index contributed by atoms with van der Waals surface area (Å²) in [4.78, 5) is 0. The van der Waals surface area contributed by atoms with Gasteiger partial charge in [0.15, 0.2) is 0 Å². The molecule has 0 spiro atoms. The molecular weight excluding hydrogens is 401 g/mol. The summed E-state index contributed by atoms with van der Waals surface area (Å²) in [5.41, 5.74) is 2.16. The lowest BCUT2D eigenvalue weighted by Crippen LogP contribution is -2.19. The normalized spacial score (nSPS) is 12.0. The number of ether oxygens (including phenoxy) is 2. The van der Waals surface area contributed by atoms with Crippen LogP contribution in [0.2, 0.25) is 5.02 Å². The minimum absolute atomic E-state index is 0.00328. The van der Waals surface area contributed by atoms with Gasteiger partial charge in [-0.25, -0.2) is 0 Å². The molecule has 112 valence electrons. The van der Waals surface area contributed by atoms with E-state index in [-0.39, 0.29) is 6.04 Å². The predicted molar refractivity (Wildman–Crippen MR) is 94.6 cm³/mol. The summed E-state index contributed by atoms with van der Waals surface area (Å²) in [6.07, 6.45) is 0. The van der Waals surface area contributed by atoms with Gasteiger partial charge in [-0.1, -0.05) is 29.8 Å². The lowest BCUT2D eigenvalue weighted by molar-refractivity contribution is 0.388. The quantitative estimate of drug-likeness (QED) is 0.737. The molecule has 0 radical (unpaired) electrons. The SMILES string of the molecule is CNC(c1ccccc1I)c1ccc(OC)c(Cl)c1OC. The van der Waals surface area contributed by atoms with Crippen molar-refractivity contribution in [2.75, 3.05) is 21.3 Å². The van der Waals surface area contributed by atoms with E-state index in [1.807, 2.05) is 31.3 Å². The van der Waals surface area contributed by atoms with Crippen molar-refractivity contribution in [3.8, 4) is 11.5 Å². The molecule has 1 unspecified atom stereocenters. The van der Waals surface area contributed by atoms with Crippen LogP contribution in [0.25, 0.3) is 0 Å². The molecule has 2 aromatic carbocycles. The van der Waals surface area contributed by atoms with E-state index in [0.717, 1.165) is 5.56 Å². The first-order chi connectivity index (χ1) is 10.1. The molecule has 0 aliphatic heterocycles. The third-order valence-electron chi connectivity index (χ3n) is 3.33. The highest BCUT2D eigenvalue weighted by molar-refractivity contribution is 14.1. The molecule has 2 rings (SSSR count). The number of halogens is 2. The van der Waals surface area contributed by atoms with Crippen LogP contribution in [0.3, 0.4) is 0 Å².